The maximum absolute atomic E-state index is 9.46. The fraction of sp³-hybridized carbons (Fsp3) is 0.333. The highest BCUT2D eigenvalue weighted by atomic mass is 16.5. The first-order valence-corrected chi connectivity index (χ1v) is 5.57. The molecule has 0 spiro atoms. The van der Waals surface area contributed by atoms with Gasteiger partial charge in [-0.2, -0.15) is 4.98 Å². The van der Waals surface area contributed by atoms with Crippen LogP contribution in [0.15, 0.2) is 28.8 Å². The van der Waals surface area contributed by atoms with Gasteiger partial charge in [0.05, 0.1) is 7.11 Å². The van der Waals surface area contributed by atoms with Gasteiger partial charge in [0.2, 0.25) is 0 Å². The van der Waals surface area contributed by atoms with Gasteiger partial charge in [-0.25, -0.2) is 0 Å². The van der Waals surface area contributed by atoms with Crippen LogP contribution >= 0.6 is 0 Å². The highest BCUT2D eigenvalue weighted by Crippen LogP contribution is 2.20. The standard InChI is InChI=1S/C12H15N3O3/c1-17-10-5-3-2-4-8(10)6-11-14-12(18-15-11)9(16)7-13/h2-5,9,16H,6-7,13H2,1H3. The van der Waals surface area contributed by atoms with Gasteiger partial charge in [-0.3, -0.25) is 0 Å². The van der Waals surface area contributed by atoms with Crippen molar-refractivity contribution in [3.8, 4) is 5.75 Å². The Labute approximate surface area is 104 Å². The average molecular weight is 249 g/mol. The molecule has 2 rings (SSSR count). The SMILES string of the molecule is COc1ccccc1Cc1noc(C(O)CN)n1. The molecule has 18 heavy (non-hydrogen) atoms. The molecular formula is C12H15N3O3. The number of aliphatic hydroxyl groups is 1. The van der Waals surface area contributed by atoms with E-state index in [1.165, 1.54) is 0 Å². The third-order valence-corrected chi connectivity index (χ3v) is 2.53. The summed E-state index contributed by atoms with van der Waals surface area (Å²) >= 11 is 0. The van der Waals surface area contributed by atoms with E-state index in [0.29, 0.717) is 12.2 Å². The van der Waals surface area contributed by atoms with Crippen molar-refractivity contribution in [2.45, 2.75) is 12.5 Å². The highest BCUT2D eigenvalue weighted by Gasteiger charge is 2.15. The van der Waals surface area contributed by atoms with E-state index in [1.54, 1.807) is 7.11 Å². The van der Waals surface area contributed by atoms with Crippen LogP contribution < -0.4 is 10.5 Å². The zero-order chi connectivity index (χ0) is 13.0. The number of nitrogens with zero attached hydrogens (tertiary/aromatic N) is 2. The molecule has 0 fully saturated rings. The topological polar surface area (TPSA) is 94.4 Å². The van der Waals surface area contributed by atoms with Gasteiger partial charge >= 0.3 is 0 Å². The number of aliphatic hydroxyl groups excluding tert-OH is 1. The van der Waals surface area contributed by atoms with Crippen molar-refractivity contribution in [3.63, 3.8) is 0 Å². The molecule has 0 aliphatic carbocycles. The number of aromatic nitrogens is 2. The molecule has 1 aromatic carbocycles. The predicted octanol–water partition coefficient (Wildman–Crippen LogP) is 0.661. The number of ether oxygens (including phenoxy) is 1. The minimum Gasteiger partial charge on any atom is -0.496 e. The molecule has 3 N–H and O–H groups in total. The fourth-order valence-corrected chi connectivity index (χ4v) is 1.59. The normalized spacial score (nSPS) is 12.4. The molecule has 1 heterocycles. The second kappa shape index (κ2) is 5.61. The number of benzene rings is 1. The minimum absolute atomic E-state index is 0.0519. The molecule has 0 saturated carbocycles. The molecule has 6 nitrogen and oxygen atoms in total. The van der Waals surface area contributed by atoms with Crippen molar-refractivity contribution in [1.29, 1.82) is 0 Å². The second-order valence-electron chi connectivity index (χ2n) is 3.79. The summed E-state index contributed by atoms with van der Waals surface area (Å²) in [4.78, 5) is 4.09. The summed E-state index contributed by atoms with van der Waals surface area (Å²) in [6.45, 7) is 0.0519. The summed E-state index contributed by atoms with van der Waals surface area (Å²) in [6, 6.07) is 7.59. The van der Waals surface area contributed by atoms with E-state index in [-0.39, 0.29) is 12.4 Å². The molecule has 0 radical (unpaired) electrons. The number of rotatable bonds is 5. The Balaban J connectivity index is 2.16. The summed E-state index contributed by atoms with van der Waals surface area (Å²) in [6.07, 6.45) is -0.436. The van der Waals surface area contributed by atoms with Crippen molar-refractivity contribution < 1.29 is 14.4 Å². The fourth-order valence-electron chi connectivity index (χ4n) is 1.59. The molecule has 1 unspecified atom stereocenters. The number of hydrogen-bond acceptors (Lipinski definition) is 6. The Morgan fingerprint density at radius 1 is 1.44 bits per heavy atom. The van der Waals surface area contributed by atoms with Gasteiger partial charge in [0.1, 0.15) is 11.9 Å². The van der Waals surface area contributed by atoms with E-state index in [9.17, 15) is 5.11 Å². The summed E-state index contributed by atoms with van der Waals surface area (Å²) < 4.78 is 10.2. The lowest BCUT2D eigenvalue weighted by atomic mass is 10.1. The van der Waals surface area contributed by atoms with E-state index in [4.69, 9.17) is 15.0 Å². The number of nitrogens with two attached hydrogens (primary N) is 1. The first-order chi connectivity index (χ1) is 8.74. The van der Waals surface area contributed by atoms with Gasteiger partial charge in [-0.15, -0.1) is 0 Å². The Morgan fingerprint density at radius 3 is 2.94 bits per heavy atom. The molecule has 96 valence electrons. The second-order valence-corrected chi connectivity index (χ2v) is 3.79. The van der Waals surface area contributed by atoms with Gasteiger partial charge in [-0.05, 0) is 6.07 Å². The van der Waals surface area contributed by atoms with Crippen LogP contribution in [0.3, 0.4) is 0 Å². The minimum atomic E-state index is -0.913. The van der Waals surface area contributed by atoms with E-state index < -0.39 is 6.10 Å². The van der Waals surface area contributed by atoms with Gasteiger partial charge in [0, 0.05) is 18.5 Å². The lowest BCUT2D eigenvalue weighted by molar-refractivity contribution is 0.141. The van der Waals surface area contributed by atoms with Crippen LogP contribution in [0.2, 0.25) is 0 Å². The van der Waals surface area contributed by atoms with Gasteiger partial charge in [0.15, 0.2) is 5.82 Å². The summed E-state index contributed by atoms with van der Waals surface area (Å²) in [5, 5.41) is 13.3. The number of methoxy groups -OCH3 is 1. The van der Waals surface area contributed by atoms with Crippen molar-refractivity contribution in [2.75, 3.05) is 13.7 Å². The predicted molar refractivity (Wildman–Crippen MR) is 64.1 cm³/mol. The zero-order valence-corrected chi connectivity index (χ0v) is 10.0. The quantitative estimate of drug-likeness (QED) is 0.808. The van der Waals surface area contributed by atoms with E-state index in [1.807, 2.05) is 24.3 Å². The molecule has 0 aliphatic rings. The number of para-hydroxylation sites is 1. The van der Waals surface area contributed by atoms with Gasteiger partial charge in [-0.1, -0.05) is 23.4 Å². The summed E-state index contributed by atoms with van der Waals surface area (Å²) in [7, 11) is 1.61. The zero-order valence-electron chi connectivity index (χ0n) is 10.0. The Kier molecular flexibility index (Phi) is 3.91. The monoisotopic (exact) mass is 249 g/mol. The van der Waals surface area contributed by atoms with E-state index in [0.717, 1.165) is 11.3 Å². The number of hydrogen-bond donors (Lipinski definition) is 2. The Hall–Kier alpha value is -1.92. The van der Waals surface area contributed by atoms with Crippen molar-refractivity contribution in [2.24, 2.45) is 5.73 Å². The third kappa shape index (κ3) is 2.66. The van der Waals surface area contributed by atoms with Crippen LogP contribution in [-0.2, 0) is 6.42 Å². The van der Waals surface area contributed by atoms with Gasteiger partial charge in [0.25, 0.3) is 5.89 Å². The highest BCUT2D eigenvalue weighted by molar-refractivity contribution is 5.35. The Bertz CT molecular complexity index is 513. The molecule has 0 saturated heterocycles. The Morgan fingerprint density at radius 2 is 2.22 bits per heavy atom. The van der Waals surface area contributed by atoms with E-state index in [2.05, 4.69) is 10.1 Å². The summed E-state index contributed by atoms with van der Waals surface area (Å²) in [5.41, 5.74) is 6.27. The molecule has 0 amide bonds. The lowest BCUT2D eigenvalue weighted by Gasteiger charge is -2.05. The van der Waals surface area contributed by atoms with Gasteiger partial charge < -0.3 is 20.1 Å². The molecule has 1 aromatic heterocycles. The van der Waals surface area contributed by atoms with Crippen LogP contribution in [-0.4, -0.2) is 28.9 Å². The summed E-state index contributed by atoms with van der Waals surface area (Å²) in [5.74, 6) is 1.40. The van der Waals surface area contributed by atoms with Crippen molar-refractivity contribution >= 4 is 0 Å². The maximum Gasteiger partial charge on any atom is 0.256 e. The smallest absolute Gasteiger partial charge is 0.256 e. The molecule has 1 atom stereocenters. The molecule has 0 bridgehead atoms. The third-order valence-electron chi connectivity index (χ3n) is 2.53. The van der Waals surface area contributed by atoms with E-state index >= 15 is 0 Å². The van der Waals surface area contributed by atoms with Crippen LogP contribution in [0.25, 0.3) is 0 Å². The maximum atomic E-state index is 9.46. The van der Waals surface area contributed by atoms with Crippen LogP contribution in [0.5, 0.6) is 5.75 Å². The largest absolute Gasteiger partial charge is 0.496 e. The molecule has 0 aliphatic heterocycles. The first kappa shape index (κ1) is 12.5. The van der Waals surface area contributed by atoms with Crippen molar-refractivity contribution in [3.05, 3.63) is 41.5 Å². The van der Waals surface area contributed by atoms with Crippen LogP contribution in [0, 0.1) is 0 Å². The molecular weight excluding hydrogens is 234 g/mol. The lowest BCUT2D eigenvalue weighted by Crippen LogP contribution is -2.11. The molecule has 2 aromatic rings. The molecule has 6 heteroatoms. The average Bonchev–Trinajstić information content (AvgIpc) is 2.87. The first-order valence-electron chi connectivity index (χ1n) is 5.57. The van der Waals surface area contributed by atoms with Crippen molar-refractivity contribution in [1.82, 2.24) is 10.1 Å². The van der Waals surface area contributed by atoms with Crippen LogP contribution in [0.4, 0.5) is 0 Å². The van der Waals surface area contributed by atoms with Crippen LogP contribution in [0.1, 0.15) is 23.4 Å².